The lowest BCUT2D eigenvalue weighted by Gasteiger charge is -2.05. The Kier molecular flexibility index (Phi) is 3.82. The van der Waals surface area contributed by atoms with Crippen molar-refractivity contribution >= 4 is 0 Å². The van der Waals surface area contributed by atoms with Gasteiger partial charge in [0.1, 0.15) is 0 Å². The van der Waals surface area contributed by atoms with E-state index in [9.17, 15) is 0 Å². The van der Waals surface area contributed by atoms with E-state index in [1.807, 2.05) is 11.7 Å². The number of hydrogen-bond donors (Lipinski definition) is 1. The van der Waals surface area contributed by atoms with Crippen LogP contribution in [0.1, 0.15) is 31.0 Å². The van der Waals surface area contributed by atoms with Crippen molar-refractivity contribution in [3.05, 3.63) is 41.6 Å². The molecule has 2 aromatic rings. The molecule has 2 rings (SSSR count). The van der Waals surface area contributed by atoms with Crippen LogP contribution >= 0.6 is 0 Å². The first-order valence-electron chi connectivity index (χ1n) is 6.45. The van der Waals surface area contributed by atoms with E-state index < -0.39 is 0 Å². The Morgan fingerprint density at radius 3 is 2.44 bits per heavy atom. The summed E-state index contributed by atoms with van der Waals surface area (Å²) in [6.07, 6.45) is 0.869. The van der Waals surface area contributed by atoms with Crippen LogP contribution in [-0.4, -0.2) is 16.3 Å². The Hall–Kier alpha value is -1.61. The fourth-order valence-corrected chi connectivity index (χ4v) is 2.07. The Labute approximate surface area is 109 Å². The summed E-state index contributed by atoms with van der Waals surface area (Å²) in [7, 11) is 1.97. The molecule has 0 aliphatic heterocycles. The van der Waals surface area contributed by atoms with Gasteiger partial charge in [-0.15, -0.1) is 0 Å². The largest absolute Gasteiger partial charge is 0.330 e. The molecule has 0 aliphatic rings. The number of rotatable bonds is 4. The molecule has 0 unspecified atom stereocenters. The van der Waals surface area contributed by atoms with Crippen LogP contribution in [0.2, 0.25) is 0 Å². The molecule has 0 atom stereocenters. The van der Waals surface area contributed by atoms with Crippen LogP contribution in [0, 0.1) is 0 Å². The van der Waals surface area contributed by atoms with Gasteiger partial charge in [-0.1, -0.05) is 38.1 Å². The zero-order valence-electron chi connectivity index (χ0n) is 11.4. The molecule has 0 fully saturated rings. The molecule has 0 spiro atoms. The van der Waals surface area contributed by atoms with E-state index in [2.05, 4.69) is 49.3 Å². The predicted molar refractivity (Wildman–Crippen MR) is 75.5 cm³/mol. The second-order valence-electron chi connectivity index (χ2n) is 4.96. The van der Waals surface area contributed by atoms with Crippen LogP contribution in [0.5, 0.6) is 0 Å². The predicted octanol–water partition coefficient (Wildman–Crippen LogP) is 2.71. The number of hydrogen-bond acceptors (Lipinski definition) is 2. The van der Waals surface area contributed by atoms with E-state index in [-0.39, 0.29) is 0 Å². The van der Waals surface area contributed by atoms with Gasteiger partial charge >= 0.3 is 0 Å². The molecule has 0 bridgehead atoms. The highest BCUT2D eigenvalue weighted by Gasteiger charge is 2.07. The third-order valence-electron chi connectivity index (χ3n) is 3.25. The number of benzene rings is 1. The first kappa shape index (κ1) is 12.8. The van der Waals surface area contributed by atoms with Gasteiger partial charge in [-0.25, -0.2) is 0 Å². The third-order valence-corrected chi connectivity index (χ3v) is 3.25. The van der Waals surface area contributed by atoms with Crippen molar-refractivity contribution in [1.29, 1.82) is 0 Å². The molecule has 1 aromatic heterocycles. The fourth-order valence-electron chi connectivity index (χ4n) is 2.07. The summed E-state index contributed by atoms with van der Waals surface area (Å²) in [4.78, 5) is 0. The van der Waals surface area contributed by atoms with Crippen molar-refractivity contribution in [1.82, 2.24) is 9.78 Å². The highest BCUT2D eigenvalue weighted by atomic mass is 15.3. The quantitative estimate of drug-likeness (QED) is 0.897. The molecule has 0 saturated heterocycles. The van der Waals surface area contributed by atoms with Crippen molar-refractivity contribution < 1.29 is 0 Å². The Bertz CT molecular complexity index is 509. The van der Waals surface area contributed by atoms with Gasteiger partial charge in [-0.2, -0.15) is 5.10 Å². The van der Waals surface area contributed by atoms with Crippen molar-refractivity contribution in [3.63, 3.8) is 0 Å². The van der Waals surface area contributed by atoms with Crippen LogP contribution in [0.25, 0.3) is 11.3 Å². The van der Waals surface area contributed by atoms with Gasteiger partial charge in [-0.3, -0.25) is 4.68 Å². The van der Waals surface area contributed by atoms with Crippen LogP contribution in [0.15, 0.2) is 30.3 Å². The highest BCUT2D eigenvalue weighted by Crippen LogP contribution is 2.22. The Morgan fingerprint density at radius 1 is 1.22 bits per heavy atom. The van der Waals surface area contributed by atoms with Gasteiger partial charge < -0.3 is 5.73 Å². The molecule has 0 radical (unpaired) electrons. The average molecular weight is 243 g/mol. The lowest BCUT2D eigenvalue weighted by atomic mass is 10.0. The van der Waals surface area contributed by atoms with Crippen LogP contribution in [0.3, 0.4) is 0 Å². The summed E-state index contributed by atoms with van der Waals surface area (Å²) in [5, 5.41) is 4.54. The lowest BCUT2D eigenvalue weighted by Crippen LogP contribution is -2.06. The summed E-state index contributed by atoms with van der Waals surface area (Å²) in [5.74, 6) is 0.565. The van der Waals surface area contributed by atoms with E-state index in [4.69, 9.17) is 5.73 Å². The minimum Gasteiger partial charge on any atom is -0.330 e. The van der Waals surface area contributed by atoms with Gasteiger partial charge in [0, 0.05) is 24.7 Å². The second-order valence-corrected chi connectivity index (χ2v) is 4.96. The molecular weight excluding hydrogens is 222 g/mol. The molecule has 1 aromatic carbocycles. The van der Waals surface area contributed by atoms with Crippen molar-refractivity contribution in [2.75, 3.05) is 6.54 Å². The number of aromatic nitrogens is 2. The van der Waals surface area contributed by atoms with Crippen LogP contribution < -0.4 is 5.73 Å². The normalized spacial score (nSPS) is 11.2. The molecule has 1 heterocycles. The Morgan fingerprint density at radius 2 is 1.89 bits per heavy atom. The van der Waals surface area contributed by atoms with Gasteiger partial charge in [0.2, 0.25) is 0 Å². The molecule has 3 heteroatoms. The smallest absolute Gasteiger partial charge is 0.0925 e. The van der Waals surface area contributed by atoms with Gasteiger partial charge in [-0.05, 0) is 24.1 Å². The topological polar surface area (TPSA) is 43.8 Å². The standard InChI is InChI=1S/C15H21N3/c1-11(2)12-4-6-13(7-5-12)15-10-14(8-9-16)18(3)17-15/h4-7,10-11H,8-9,16H2,1-3H3. The van der Waals surface area contributed by atoms with Crippen LogP contribution in [0.4, 0.5) is 0 Å². The first-order chi connectivity index (χ1) is 8.61. The molecule has 0 aliphatic carbocycles. The maximum Gasteiger partial charge on any atom is 0.0925 e. The average Bonchev–Trinajstić information content (AvgIpc) is 2.72. The molecule has 18 heavy (non-hydrogen) atoms. The van der Waals surface area contributed by atoms with Gasteiger partial charge in [0.15, 0.2) is 0 Å². The van der Waals surface area contributed by atoms with Gasteiger partial charge in [0.05, 0.1) is 5.69 Å². The van der Waals surface area contributed by atoms with E-state index in [0.29, 0.717) is 12.5 Å². The van der Waals surface area contributed by atoms with E-state index in [1.54, 1.807) is 0 Å². The molecule has 3 nitrogen and oxygen atoms in total. The summed E-state index contributed by atoms with van der Waals surface area (Å²) in [5.41, 5.74) is 10.3. The first-order valence-corrected chi connectivity index (χ1v) is 6.45. The highest BCUT2D eigenvalue weighted by molar-refractivity contribution is 5.60. The molecule has 2 N–H and O–H groups in total. The number of nitrogens with two attached hydrogens (primary N) is 1. The lowest BCUT2D eigenvalue weighted by molar-refractivity contribution is 0.708. The van der Waals surface area contributed by atoms with Crippen molar-refractivity contribution in [3.8, 4) is 11.3 Å². The van der Waals surface area contributed by atoms with Crippen molar-refractivity contribution in [2.45, 2.75) is 26.2 Å². The summed E-state index contributed by atoms with van der Waals surface area (Å²) < 4.78 is 1.92. The van der Waals surface area contributed by atoms with Crippen LogP contribution in [-0.2, 0) is 13.5 Å². The number of aryl methyl sites for hydroxylation is 1. The summed E-state index contributed by atoms with van der Waals surface area (Å²) >= 11 is 0. The van der Waals surface area contributed by atoms with Crippen molar-refractivity contribution in [2.24, 2.45) is 12.8 Å². The van der Waals surface area contributed by atoms with E-state index >= 15 is 0 Å². The zero-order valence-corrected chi connectivity index (χ0v) is 11.4. The SMILES string of the molecule is CC(C)c1ccc(-c2cc(CCN)n(C)n2)cc1. The zero-order chi connectivity index (χ0) is 13.1. The third kappa shape index (κ3) is 2.62. The summed E-state index contributed by atoms with van der Waals surface area (Å²) in [6.45, 7) is 5.06. The van der Waals surface area contributed by atoms with E-state index in [1.165, 1.54) is 16.8 Å². The molecule has 0 amide bonds. The minimum atomic E-state index is 0.565. The molecule has 0 saturated carbocycles. The summed E-state index contributed by atoms with van der Waals surface area (Å²) in [6, 6.07) is 10.8. The molecule has 96 valence electrons. The minimum absolute atomic E-state index is 0.565. The van der Waals surface area contributed by atoms with Gasteiger partial charge in [0.25, 0.3) is 0 Å². The number of nitrogens with zero attached hydrogens (tertiary/aromatic N) is 2. The second kappa shape index (κ2) is 5.36. The maximum absolute atomic E-state index is 5.59. The molecular formula is C15H21N3. The Balaban J connectivity index is 2.28. The monoisotopic (exact) mass is 243 g/mol. The fraction of sp³-hybridized carbons (Fsp3) is 0.400. The van der Waals surface area contributed by atoms with E-state index in [0.717, 1.165) is 12.1 Å². The maximum atomic E-state index is 5.59.